The maximum absolute atomic E-state index is 2.71. The van der Waals surface area contributed by atoms with Gasteiger partial charge in [0.2, 0.25) is 0 Å². The lowest BCUT2D eigenvalue weighted by Crippen LogP contribution is -2.53. The van der Waals surface area contributed by atoms with Crippen molar-refractivity contribution in [1.29, 1.82) is 0 Å². The molecule has 0 saturated heterocycles. The van der Waals surface area contributed by atoms with Crippen molar-refractivity contribution in [3.63, 3.8) is 0 Å². The van der Waals surface area contributed by atoms with Gasteiger partial charge in [-0.25, -0.2) is 0 Å². The molecule has 0 bridgehead atoms. The van der Waals surface area contributed by atoms with E-state index in [4.69, 9.17) is 0 Å². The van der Waals surface area contributed by atoms with Crippen LogP contribution in [0.5, 0.6) is 0 Å². The van der Waals surface area contributed by atoms with Crippen molar-refractivity contribution in [3.8, 4) is 0 Å². The van der Waals surface area contributed by atoms with Crippen LogP contribution in [0.2, 0.25) is 0 Å². The normalized spacial score (nSPS) is 54.0. The Labute approximate surface area is 145 Å². The fourth-order valence-electron chi connectivity index (χ4n) is 8.30. The van der Waals surface area contributed by atoms with E-state index in [0.29, 0.717) is 10.8 Å². The highest BCUT2D eigenvalue weighted by Gasteiger charge is 2.59. The van der Waals surface area contributed by atoms with Gasteiger partial charge in [-0.1, -0.05) is 34.1 Å². The van der Waals surface area contributed by atoms with Crippen LogP contribution >= 0.6 is 0 Å². The fraction of sp³-hybridized carbons (Fsp3) is 0.957. The van der Waals surface area contributed by atoms with Crippen molar-refractivity contribution in [2.75, 3.05) is 0 Å². The molecule has 0 aromatic rings. The number of fused-ring (bicyclic) bond motifs is 5. The second kappa shape index (κ2) is 5.77. The quantitative estimate of drug-likeness (QED) is 0.520. The second-order valence-electron chi connectivity index (χ2n) is 10.3. The molecule has 1 unspecified atom stereocenters. The van der Waals surface area contributed by atoms with E-state index in [0.717, 1.165) is 35.5 Å². The molecule has 4 rings (SSSR count). The molecule has 4 aliphatic rings. The van der Waals surface area contributed by atoms with Crippen molar-refractivity contribution >= 4 is 0 Å². The number of rotatable bonds is 2. The lowest BCUT2D eigenvalue weighted by atomic mass is 9.44. The molecule has 1 radical (unpaired) electrons. The Morgan fingerprint density at radius 1 is 0.957 bits per heavy atom. The van der Waals surface area contributed by atoms with Gasteiger partial charge in [0.25, 0.3) is 0 Å². The maximum atomic E-state index is 2.71. The zero-order valence-electron chi connectivity index (χ0n) is 16.1. The van der Waals surface area contributed by atoms with Gasteiger partial charge >= 0.3 is 0 Å². The van der Waals surface area contributed by atoms with Crippen LogP contribution in [-0.2, 0) is 0 Å². The van der Waals surface area contributed by atoms with Crippen molar-refractivity contribution in [2.45, 2.75) is 91.9 Å². The van der Waals surface area contributed by atoms with E-state index in [2.05, 4.69) is 34.1 Å². The molecule has 0 heterocycles. The number of hydrogen-bond acceptors (Lipinski definition) is 0. The standard InChI is InChI=1S/C23H39/c1-5-16(2)19-11-12-20-18-10-9-17-8-6-7-14-22(17,3)21(18)13-15-23(19,20)4/h6,16-21H,5,7-15H2,1-4H3/t16-,17?,18+,19-,20+,21+,22+,23-/m1/s1. The lowest BCUT2D eigenvalue weighted by molar-refractivity contribution is -0.109. The van der Waals surface area contributed by atoms with Gasteiger partial charge < -0.3 is 0 Å². The Morgan fingerprint density at radius 2 is 1.74 bits per heavy atom. The van der Waals surface area contributed by atoms with Crippen LogP contribution in [0.4, 0.5) is 0 Å². The summed E-state index contributed by atoms with van der Waals surface area (Å²) in [4.78, 5) is 0. The zero-order valence-corrected chi connectivity index (χ0v) is 16.1. The Morgan fingerprint density at radius 3 is 2.52 bits per heavy atom. The summed E-state index contributed by atoms with van der Waals surface area (Å²) >= 11 is 0. The summed E-state index contributed by atoms with van der Waals surface area (Å²) in [6.45, 7) is 10.4. The van der Waals surface area contributed by atoms with Crippen LogP contribution in [0, 0.1) is 52.8 Å². The van der Waals surface area contributed by atoms with E-state index >= 15 is 0 Å². The number of hydrogen-bond donors (Lipinski definition) is 0. The molecule has 4 saturated carbocycles. The van der Waals surface area contributed by atoms with Gasteiger partial charge in [-0.05, 0) is 111 Å². The summed E-state index contributed by atoms with van der Waals surface area (Å²) < 4.78 is 0. The largest absolute Gasteiger partial charge is 0.0651 e. The Balaban J connectivity index is 1.60. The minimum Gasteiger partial charge on any atom is -0.0651 e. The van der Waals surface area contributed by atoms with E-state index < -0.39 is 0 Å². The van der Waals surface area contributed by atoms with Crippen LogP contribution < -0.4 is 0 Å². The molecule has 0 aromatic carbocycles. The van der Waals surface area contributed by atoms with Gasteiger partial charge in [0, 0.05) is 0 Å². The van der Waals surface area contributed by atoms with Gasteiger partial charge in [-0.2, -0.15) is 0 Å². The van der Waals surface area contributed by atoms with Crippen LogP contribution in [-0.4, -0.2) is 0 Å². The first-order valence-electron chi connectivity index (χ1n) is 10.8. The van der Waals surface area contributed by atoms with Crippen molar-refractivity contribution in [1.82, 2.24) is 0 Å². The highest BCUT2D eigenvalue weighted by atomic mass is 14.6. The molecule has 0 heteroatoms. The van der Waals surface area contributed by atoms with Crippen molar-refractivity contribution < 1.29 is 0 Å². The Kier molecular flexibility index (Phi) is 4.13. The molecule has 0 amide bonds. The molecule has 0 aliphatic heterocycles. The summed E-state index contributed by atoms with van der Waals surface area (Å²) in [7, 11) is 0. The van der Waals surface area contributed by atoms with E-state index in [-0.39, 0.29) is 0 Å². The molecule has 8 atom stereocenters. The van der Waals surface area contributed by atoms with Gasteiger partial charge in [-0.15, -0.1) is 0 Å². The van der Waals surface area contributed by atoms with Gasteiger partial charge in [0.1, 0.15) is 0 Å². The molecular formula is C23H39. The monoisotopic (exact) mass is 315 g/mol. The van der Waals surface area contributed by atoms with Crippen LogP contribution in [0.15, 0.2) is 0 Å². The smallest absolute Gasteiger partial charge is 0.0264 e. The highest BCUT2D eigenvalue weighted by molar-refractivity contribution is 5.10. The maximum Gasteiger partial charge on any atom is -0.0264 e. The van der Waals surface area contributed by atoms with Crippen LogP contribution in [0.3, 0.4) is 0 Å². The Hall–Kier alpha value is 0. The molecule has 0 N–H and O–H groups in total. The van der Waals surface area contributed by atoms with Crippen molar-refractivity contribution in [2.24, 2.45) is 46.3 Å². The summed E-state index contributed by atoms with van der Waals surface area (Å²) in [5, 5.41) is 0. The van der Waals surface area contributed by atoms with Gasteiger partial charge in [0.05, 0.1) is 0 Å². The fourth-order valence-corrected chi connectivity index (χ4v) is 8.30. The zero-order chi connectivity index (χ0) is 16.2. The predicted molar refractivity (Wildman–Crippen MR) is 99.0 cm³/mol. The summed E-state index contributed by atoms with van der Waals surface area (Å²) in [5.74, 6) is 6.17. The first kappa shape index (κ1) is 16.5. The first-order chi connectivity index (χ1) is 11.0. The van der Waals surface area contributed by atoms with E-state index in [1.54, 1.807) is 25.7 Å². The lowest BCUT2D eigenvalue weighted by Gasteiger charge is -2.60. The third-order valence-electron chi connectivity index (χ3n) is 9.81. The molecule has 4 aliphatic carbocycles. The second-order valence-corrected chi connectivity index (χ2v) is 10.3. The molecule has 0 spiro atoms. The molecule has 131 valence electrons. The minimum absolute atomic E-state index is 0.681. The SMILES string of the molecule is CC[C@@H](C)[C@H]1CC[C@H]2[C@@H]3CCC4C[CH]CC[C@]4(C)[C@H]3CC[C@]12C. The average molecular weight is 316 g/mol. The van der Waals surface area contributed by atoms with Gasteiger partial charge in [0.15, 0.2) is 0 Å². The third-order valence-corrected chi connectivity index (χ3v) is 9.81. The minimum atomic E-state index is 0.681. The van der Waals surface area contributed by atoms with E-state index in [1.165, 1.54) is 38.5 Å². The summed E-state index contributed by atoms with van der Waals surface area (Å²) in [5.41, 5.74) is 1.37. The van der Waals surface area contributed by atoms with Crippen LogP contribution in [0.25, 0.3) is 0 Å². The van der Waals surface area contributed by atoms with Crippen molar-refractivity contribution in [3.05, 3.63) is 6.42 Å². The molecule has 23 heavy (non-hydrogen) atoms. The third kappa shape index (κ3) is 2.29. The molecule has 0 nitrogen and oxygen atoms in total. The average Bonchev–Trinajstić information content (AvgIpc) is 2.91. The van der Waals surface area contributed by atoms with E-state index in [1.807, 2.05) is 0 Å². The summed E-state index contributed by atoms with van der Waals surface area (Å²) in [6.07, 6.45) is 17.6. The topological polar surface area (TPSA) is 0 Å². The summed E-state index contributed by atoms with van der Waals surface area (Å²) in [6, 6.07) is 0. The predicted octanol–water partition coefficient (Wildman–Crippen LogP) is 6.90. The molecule has 4 fully saturated rings. The first-order valence-corrected chi connectivity index (χ1v) is 10.8. The van der Waals surface area contributed by atoms with Gasteiger partial charge in [-0.3, -0.25) is 0 Å². The highest BCUT2D eigenvalue weighted by Crippen LogP contribution is 2.68. The Bertz CT molecular complexity index is 439. The molecule has 0 aromatic heterocycles. The van der Waals surface area contributed by atoms with E-state index in [9.17, 15) is 0 Å². The van der Waals surface area contributed by atoms with Crippen LogP contribution in [0.1, 0.15) is 91.9 Å². The molecular weight excluding hydrogens is 276 g/mol.